The fourth-order valence-corrected chi connectivity index (χ4v) is 2.93. The summed E-state index contributed by atoms with van der Waals surface area (Å²) >= 11 is 1.40. The average molecular weight is 325 g/mol. The first-order valence-corrected chi connectivity index (χ1v) is 7.84. The van der Waals surface area contributed by atoms with Crippen molar-refractivity contribution in [3.63, 3.8) is 0 Å². The van der Waals surface area contributed by atoms with Crippen molar-refractivity contribution in [3.8, 4) is 0 Å². The van der Waals surface area contributed by atoms with E-state index >= 15 is 0 Å². The molecule has 1 aromatic carbocycles. The molecule has 23 heavy (non-hydrogen) atoms. The van der Waals surface area contributed by atoms with Crippen LogP contribution in [0.5, 0.6) is 0 Å². The van der Waals surface area contributed by atoms with E-state index < -0.39 is 0 Å². The maximum absolute atomic E-state index is 12.4. The maximum Gasteiger partial charge on any atom is 0.346 e. The molecule has 0 aliphatic carbocycles. The molecule has 2 heterocycles. The van der Waals surface area contributed by atoms with Crippen LogP contribution < -0.4 is 5.32 Å². The molecule has 1 N–H and O–H groups in total. The number of nitrogens with one attached hydrogen (secondary N) is 1. The third-order valence-electron chi connectivity index (χ3n) is 3.18. The summed E-state index contributed by atoms with van der Waals surface area (Å²) in [6.07, 6.45) is 3.37. The molecule has 0 spiro atoms. The number of rotatable bonds is 3. The van der Waals surface area contributed by atoms with E-state index in [1.807, 2.05) is 44.2 Å². The van der Waals surface area contributed by atoms with E-state index in [0.29, 0.717) is 5.16 Å². The van der Waals surface area contributed by atoms with Gasteiger partial charge in [0.2, 0.25) is 0 Å². The summed E-state index contributed by atoms with van der Waals surface area (Å²) < 4.78 is 1.37. The molecule has 7 heteroatoms. The van der Waals surface area contributed by atoms with Crippen LogP contribution in [0, 0.1) is 13.8 Å². The van der Waals surface area contributed by atoms with E-state index in [9.17, 15) is 4.79 Å². The van der Waals surface area contributed by atoms with E-state index in [4.69, 9.17) is 0 Å². The number of hydrogen-bond acceptors (Lipinski definition) is 5. The molecule has 3 aromatic rings. The molecule has 3 rings (SSSR count). The molecule has 2 aromatic heterocycles. The van der Waals surface area contributed by atoms with Crippen LogP contribution >= 0.6 is 11.8 Å². The predicted molar refractivity (Wildman–Crippen MR) is 88.7 cm³/mol. The van der Waals surface area contributed by atoms with Crippen LogP contribution in [0.15, 0.2) is 58.8 Å². The number of carbonyl (C=O) groups is 1. The van der Waals surface area contributed by atoms with E-state index in [-0.39, 0.29) is 6.03 Å². The molecular weight excluding hydrogens is 310 g/mol. The smallest absolute Gasteiger partial charge is 0.306 e. The van der Waals surface area contributed by atoms with Crippen LogP contribution in [0.1, 0.15) is 11.4 Å². The molecule has 0 aliphatic heterocycles. The molecule has 0 saturated carbocycles. The number of anilines is 1. The topological polar surface area (TPSA) is 72.7 Å². The SMILES string of the molecule is Cc1nn(C(=O)Nc2ccccc2)c(C)c1Sc1ncccn1. The number of para-hydroxylation sites is 1. The number of hydrogen-bond donors (Lipinski definition) is 1. The highest BCUT2D eigenvalue weighted by Crippen LogP contribution is 2.30. The highest BCUT2D eigenvalue weighted by atomic mass is 32.2. The van der Waals surface area contributed by atoms with E-state index in [1.54, 1.807) is 18.5 Å². The lowest BCUT2D eigenvalue weighted by atomic mass is 10.3. The molecule has 6 nitrogen and oxygen atoms in total. The fraction of sp³-hybridized carbons (Fsp3) is 0.125. The second kappa shape index (κ2) is 6.62. The van der Waals surface area contributed by atoms with Crippen LogP contribution in [-0.2, 0) is 0 Å². The fourth-order valence-electron chi connectivity index (χ4n) is 2.10. The highest BCUT2D eigenvalue weighted by molar-refractivity contribution is 7.99. The van der Waals surface area contributed by atoms with Gasteiger partial charge in [0.1, 0.15) is 0 Å². The number of benzene rings is 1. The zero-order valence-corrected chi connectivity index (χ0v) is 13.5. The van der Waals surface area contributed by atoms with Gasteiger partial charge in [0.15, 0.2) is 5.16 Å². The Morgan fingerprint density at radius 1 is 1.09 bits per heavy atom. The van der Waals surface area contributed by atoms with Gasteiger partial charge >= 0.3 is 6.03 Å². The second-order valence-corrected chi connectivity index (χ2v) is 5.82. The van der Waals surface area contributed by atoms with Crippen molar-refractivity contribution in [2.75, 3.05) is 5.32 Å². The van der Waals surface area contributed by atoms with Crippen LogP contribution in [0.4, 0.5) is 10.5 Å². The number of nitrogens with zero attached hydrogens (tertiary/aromatic N) is 4. The summed E-state index contributed by atoms with van der Waals surface area (Å²) in [5.41, 5.74) is 2.25. The molecule has 116 valence electrons. The predicted octanol–water partition coefficient (Wildman–Crippen LogP) is 3.52. The van der Waals surface area contributed by atoms with Crippen LogP contribution in [0.2, 0.25) is 0 Å². The first-order chi connectivity index (χ1) is 11.1. The van der Waals surface area contributed by atoms with Crippen molar-refractivity contribution >= 4 is 23.5 Å². The molecule has 0 saturated heterocycles. The minimum absolute atomic E-state index is 0.294. The molecular formula is C16H15N5OS. The van der Waals surface area contributed by atoms with Crippen molar-refractivity contribution in [1.29, 1.82) is 0 Å². The van der Waals surface area contributed by atoms with Gasteiger partial charge in [0.25, 0.3) is 0 Å². The Kier molecular flexibility index (Phi) is 4.38. The van der Waals surface area contributed by atoms with Gasteiger partial charge in [-0.3, -0.25) is 0 Å². The van der Waals surface area contributed by atoms with Crippen molar-refractivity contribution in [1.82, 2.24) is 19.7 Å². The summed E-state index contributed by atoms with van der Waals surface area (Å²) in [4.78, 5) is 21.7. The van der Waals surface area contributed by atoms with E-state index in [2.05, 4.69) is 20.4 Å². The Bertz CT molecular complexity index is 817. The molecule has 0 atom stereocenters. The van der Waals surface area contributed by atoms with Gasteiger partial charge < -0.3 is 5.32 Å². The van der Waals surface area contributed by atoms with Gasteiger partial charge in [0, 0.05) is 18.1 Å². The summed E-state index contributed by atoms with van der Waals surface area (Å²) in [6.45, 7) is 3.72. The minimum Gasteiger partial charge on any atom is -0.306 e. The Labute approximate surface area is 138 Å². The van der Waals surface area contributed by atoms with Crippen LogP contribution in [0.25, 0.3) is 0 Å². The Morgan fingerprint density at radius 2 is 1.78 bits per heavy atom. The highest BCUT2D eigenvalue weighted by Gasteiger charge is 2.18. The summed E-state index contributed by atoms with van der Waals surface area (Å²) in [6, 6.07) is 10.8. The molecule has 1 amide bonds. The van der Waals surface area contributed by atoms with Gasteiger partial charge in [-0.25, -0.2) is 14.8 Å². The van der Waals surface area contributed by atoms with Gasteiger partial charge in [-0.15, -0.1) is 0 Å². The van der Waals surface area contributed by atoms with Gasteiger partial charge in [-0.05, 0) is 43.8 Å². The number of carbonyl (C=O) groups excluding carboxylic acids is 1. The molecule has 0 bridgehead atoms. The molecule has 0 aliphatic rings. The Morgan fingerprint density at radius 3 is 2.48 bits per heavy atom. The molecule has 0 unspecified atom stereocenters. The third kappa shape index (κ3) is 3.40. The Balaban J connectivity index is 1.84. The lowest BCUT2D eigenvalue weighted by Gasteiger charge is -2.06. The van der Waals surface area contributed by atoms with Crippen molar-refractivity contribution in [3.05, 3.63) is 60.2 Å². The zero-order chi connectivity index (χ0) is 16.2. The summed E-state index contributed by atoms with van der Waals surface area (Å²) in [7, 11) is 0. The zero-order valence-electron chi connectivity index (χ0n) is 12.7. The first-order valence-electron chi connectivity index (χ1n) is 7.02. The van der Waals surface area contributed by atoms with Gasteiger partial charge in [-0.2, -0.15) is 9.78 Å². The van der Waals surface area contributed by atoms with Gasteiger partial charge in [-0.1, -0.05) is 18.2 Å². The van der Waals surface area contributed by atoms with Gasteiger partial charge in [0.05, 0.1) is 16.3 Å². The van der Waals surface area contributed by atoms with E-state index in [1.165, 1.54) is 16.4 Å². The average Bonchev–Trinajstić information content (AvgIpc) is 2.85. The maximum atomic E-state index is 12.4. The standard InChI is InChI=1S/C16H15N5OS/c1-11-14(23-15-17-9-6-10-18-15)12(2)21(20-11)16(22)19-13-7-4-3-5-8-13/h3-10H,1-2H3,(H,19,22). The Hall–Kier alpha value is -2.67. The second-order valence-electron chi connectivity index (χ2n) is 4.84. The van der Waals surface area contributed by atoms with Crippen LogP contribution in [0.3, 0.4) is 0 Å². The monoisotopic (exact) mass is 325 g/mol. The molecule has 0 radical (unpaired) electrons. The number of aryl methyl sites for hydroxylation is 1. The summed E-state index contributed by atoms with van der Waals surface area (Å²) in [5.74, 6) is 0. The summed E-state index contributed by atoms with van der Waals surface area (Å²) in [5, 5.41) is 7.78. The van der Waals surface area contributed by atoms with Crippen molar-refractivity contribution in [2.45, 2.75) is 23.9 Å². The minimum atomic E-state index is -0.294. The number of amides is 1. The van der Waals surface area contributed by atoms with Crippen molar-refractivity contribution in [2.24, 2.45) is 0 Å². The normalized spacial score (nSPS) is 10.5. The van der Waals surface area contributed by atoms with Crippen LogP contribution in [-0.4, -0.2) is 25.8 Å². The van der Waals surface area contributed by atoms with E-state index in [0.717, 1.165) is 22.0 Å². The number of aromatic nitrogens is 4. The third-order valence-corrected chi connectivity index (χ3v) is 4.37. The largest absolute Gasteiger partial charge is 0.346 e. The lowest BCUT2D eigenvalue weighted by Crippen LogP contribution is -2.21. The van der Waals surface area contributed by atoms with Crippen molar-refractivity contribution < 1.29 is 4.79 Å². The quantitative estimate of drug-likeness (QED) is 0.746. The lowest BCUT2D eigenvalue weighted by molar-refractivity contribution is 0.250. The first kappa shape index (κ1) is 15.2. The molecule has 0 fully saturated rings.